The van der Waals surface area contributed by atoms with E-state index < -0.39 is 6.04 Å². The summed E-state index contributed by atoms with van der Waals surface area (Å²) in [7, 11) is 0. The Labute approximate surface area is 109 Å². The van der Waals surface area contributed by atoms with Gasteiger partial charge in [-0.05, 0) is 39.2 Å². The smallest absolute Gasteiger partial charge is 0.242 e. The molecule has 0 spiro atoms. The number of carbonyl (C=O) groups excluding carboxylic acids is 2. The monoisotopic (exact) mass is 255 g/mol. The standard InChI is InChI=1S/C13H25N3O2/c1-4-10-6-7-15-11(8-10)13(18)16-9(3)12(17)14-5-2/h9-11,15H,4-8H2,1-3H3,(H,14,17)(H,16,18). The maximum absolute atomic E-state index is 12.0. The minimum absolute atomic E-state index is 0.0631. The minimum atomic E-state index is -0.471. The molecular weight excluding hydrogens is 230 g/mol. The van der Waals surface area contributed by atoms with E-state index in [1.54, 1.807) is 6.92 Å². The van der Waals surface area contributed by atoms with E-state index in [4.69, 9.17) is 0 Å². The predicted molar refractivity (Wildman–Crippen MR) is 71.1 cm³/mol. The molecule has 1 saturated heterocycles. The lowest BCUT2D eigenvalue weighted by Gasteiger charge is -2.29. The van der Waals surface area contributed by atoms with Crippen LogP contribution in [0.15, 0.2) is 0 Å². The van der Waals surface area contributed by atoms with Crippen LogP contribution in [0.4, 0.5) is 0 Å². The van der Waals surface area contributed by atoms with E-state index in [0.29, 0.717) is 12.5 Å². The van der Waals surface area contributed by atoms with Gasteiger partial charge in [-0.1, -0.05) is 13.3 Å². The van der Waals surface area contributed by atoms with Gasteiger partial charge >= 0.3 is 0 Å². The molecule has 5 nitrogen and oxygen atoms in total. The van der Waals surface area contributed by atoms with Crippen molar-refractivity contribution in [3.63, 3.8) is 0 Å². The van der Waals surface area contributed by atoms with Gasteiger partial charge in [-0.25, -0.2) is 0 Å². The fourth-order valence-electron chi connectivity index (χ4n) is 2.27. The van der Waals surface area contributed by atoms with Crippen molar-refractivity contribution in [3.8, 4) is 0 Å². The Morgan fingerprint density at radius 2 is 2.11 bits per heavy atom. The molecule has 0 aromatic rings. The van der Waals surface area contributed by atoms with Gasteiger partial charge in [0.15, 0.2) is 0 Å². The van der Waals surface area contributed by atoms with Crippen LogP contribution in [0.25, 0.3) is 0 Å². The molecule has 0 bridgehead atoms. The minimum Gasteiger partial charge on any atom is -0.355 e. The van der Waals surface area contributed by atoms with E-state index in [2.05, 4.69) is 22.9 Å². The highest BCUT2D eigenvalue weighted by molar-refractivity contribution is 5.89. The van der Waals surface area contributed by atoms with Crippen LogP contribution in [-0.2, 0) is 9.59 Å². The number of likely N-dealkylation sites (N-methyl/N-ethyl adjacent to an activating group) is 1. The lowest BCUT2D eigenvalue weighted by molar-refractivity contribution is -0.130. The maximum Gasteiger partial charge on any atom is 0.242 e. The van der Waals surface area contributed by atoms with Crippen LogP contribution in [-0.4, -0.2) is 37.0 Å². The molecule has 0 radical (unpaired) electrons. The van der Waals surface area contributed by atoms with Crippen LogP contribution in [0.2, 0.25) is 0 Å². The van der Waals surface area contributed by atoms with Crippen LogP contribution >= 0.6 is 0 Å². The van der Waals surface area contributed by atoms with Crippen LogP contribution in [0.3, 0.4) is 0 Å². The van der Waals surface area contributed by atoms with Crippen molar-refractivity contribution in [2.24, 2.45) is 5.92 Å². The summed E-state index contributed by atoms with van der Waals surface area (Å²) in [6, 6.07) is -0.623. The largest absolute Gasteiger partial charge is 0.355 e. The zero-order valence-corrected chi connectivity index (χ0v) is 11.6. The molecule has 0 aromatic heterocycles. The fourth-order valence-corrected chi connectivity index (χ4v) is 2.27. The molecule has 0 aromatic carbocycles. The van der Waals surface area contributed by atoms with Crippen LogP contribution in [0.5, 0.6) is 0 Å². The first-order valence-electron chi connectivity index (χ1n) is 6.89. The Hall–Kier alpha value is -1.10. The first-order chi connectivity index (χ1) is 8.58. The average Bonchev–Trinajstić information content (AvgIpc) is 2.39. The van der Waals surface area contributed by atoms with Crippen LogP contribution in [0, 0.1) is 5.92 Å². The molecule has 104 valence electrons. The Bertz CT molecular complexity index is 294. The molecule has 3 N–H and O–H groups in total. The second-order valence-corrected chi connectivity index (χ2v) is 4.93. The third-order valence-corrected chi connectivity index (χ3v) is 3.51. The number of carbonyl (C=O) groups is 2. The predicted octanol–water partition coefficient (Wildman–Crippen LogP) is 0.405. The van der Waals surface area contributed by atoms with E-state index in [-0.39, 0.29) is 17.9 Å². The summed E-state index contributed by atoms with van der Waals surface area (Å²) in [5.41, 5.74) is 0. The fraction of sp³-hybridized carbons (Fsp3) is 0.846. The van der Waals surface area contributed by atoms with Crippen molar-refractivity contribution in [2.75, 3.05) is 13.1 Å². The zero-order valence-electron chi connectivity index (χ0n) is 11.6. The molecule has 0 saturated carbocycles. The molecule has 3 unspecified atom stereocenters. The number of amides is 2. The number of hydrogen-bond donors (Lipinski definition) is 3. The van der Waals surface area contributed by atoms with Gasteiger partial charge in [0.2, 0.25) is 11.8 Å². The molecule has 1 aliphatic rings. The highest BCUT2D eigenvalue weighted by atomic mass is 16.2. The van der Waals surface area contributed by atoms with E-state index >= 15 is 0 Å². The highest BCUT2D eigenvalue weighted by Crippen LogP contribution is 2.19. The van der Waals surface area contributed by atoms with E-state index in [1.165, 1.54) is 0 Å². The summed E-state index contributed by atoms with van der Waals surface area (Å²) >= 11 is 0. The number of hydrogen-bond acceptors (Lipinski definition) is 3. The van der Waals surface area contributed by atoms with Gasteiger partial charge in [0.25, 0.3) is 0 Å². The summed E-state index contributed by atoms with van der Waals surface area (Å²) in [5, 5.41) is 8.68. The first-order valence-corrected chi connectivity index (χ1v) is 6.89. The molecular formula is C13H25N3O2. The Kier molecular flexibility index (Phi) is 6.12. The Morgan fingerprint density at radius 3 is 2.72 bits per heavy atom. The van der Waals surface area contributed by atoms with Gasteiger partial charge < -0.3 is 16.0 Å². The van der Waals surface area contributed by atoms with Gasteiger partial charge in [0.1, 0.15) is 6.04 Å². The van der Waals surface area contributed by atoms with Crippen molar-refractivity contribution >= 4 is 11.8 Å². The molecule has 1 fully saturated rings. The summed E-state index contributed by atoms with van der Waals surface area (Å²) in [4.78, 5) is 23.6. The molecule has 1 heterocycles. The summed E-state index contributed by atoms with van der Waals surface area (Å²) < 4.78 is 0. The van der Waals surface area contributed by atoms with Gasteiger partial charge in [0.05, 0.1) is 6.04 Å². The van der Waals surface area contributed by atoms with E-state index in [1.807, 2.05) is 6.92 Å². The topological polar surface area (TPSA) is 70.2 Å². The summed E-state index contributed by atoms with van der Waals surface area (Å²) in [6.45, 7) is 7.19. The lowest BCUT2D eigenvalue weighted by Crippen LogP contribution is -2.53. The molecule has 18 heavy (non-hydrogen) atoms. The van der Waals surface area contributed by atoms with E-state index in [0.717, 1.165) is 25.8 Å². The molecule has 5 heteroatoms. The molecule has 3 atom stereocenters. The SMILES string of the molecule is CCNC(=O)C(C)NC(=O)C1CC(CC)CCN1. The van der Waals surface area contributed by atoms with Gasteiger partial charge in [0, 0.05) is 6.54 Å². The molecule has 1 rings (SSSR count). The summed E-state index contributed by atoms with van der Waals surface area (Å²) in [5.74, 6) is 0.419. The zero-order chi connectivity index (χ0) is 13.5. The third kappa shape index (κ3) is 4.29. The van der Waals surface area contributed by atoms with Crippen molar-refractivity contribution in [3.05, 3.63) is 0 Å². The Balaban J connectivity index is 2.42. The van der Waals surface area contributed by atoms with Crippen LogP contribution in [0.1, 0.15) is 40.0 Å². The lowest BCUT2D eigenvalue weighted by atomic mass is 9.90. The van der Waals surface area contributed by atoms with Gasteiger partial charge in [-0.15, -0.1) is 0 Å². The molecule has 2 amide bonds. The van der Waals surface area contributed by atoms with Crippen molar-refractivity contribution in [1.82, 2.24) is 16.0 Å². The summed E-state index contributed by atoms with van der Waals surface area (Å²) in [6.07, 6.45) is 3.11. The normalized spacial score (nSPS) is 25.3. The van der Waals surface area contributed by atoms with Gasteiger partial charge in [-0.2, -0.15) is 0 Å². The first kappa shape index (κ1) is 15.0. The number of nitrogens with one attached hydrogen (secondary N) is 3. The maximum atomic E-state index is 12.0. The number of rotatable bonds is 5. The average molecular weight is 255 g/mol. The van der Waals surface area contributed by atoms with Crippen molar-refractivity contribution in [2.45, 2.75) is 52.1 Å². The second kappa shape index (κ2) is 7.36. The van der Waals surface area contributed by atoms with Crippen molar-refractivity contribution in [1.29, 1.82) is 0 Å². The van der Waals surface area contributed by atoms with Crippen LogP contribution < -0.4 is 16.0 Å². The Morgan fingerprint density at radius 1 is 1.39 bits per heavy atom. The quantitative estimate of drug-likeness (QED) is 0.666. The van der Waals surface area contributed by atoms with Crippen molar-refractivity contribution < 1.29 is 9.59 Å². The van der Waals surface area contributed by atoms with E-state index in [9.17, 15) is 9.59 Å². The van der Waals surface area contributed by atoms with Gasteiger partial charge in [-0.3, -0.25) is 9.59 Å². The third-order valence-electron chi connectivity index (χ3n) is 3.51. The highest BCUT2D eigenvalue weighted by Gasteiger charge is 2.27. The molecule has 0 aliphatic carbocycles. The molecule has 1 aliphatic heterocycles. The number of piperidine rings is 1. The second-order valence-electron chi connectivity index (χ2n) is 4.93.